The van der Waals surface area contributed by atoms with Crippen LogP contribution in [0.25, 0.3) is 33.6 Å². The zero-order valence-electron chi connectivity index (χ0n) is 21.3. The highest BCUT2D eigenvalue weighted by molar-refractivity contribution is 6.06. The highest BCUT2D eigenvalue weighted by atomic mass is 35.5. The Hall–Kier alpha value is -2.69. The second-order valence-electron chi connectivity index (χ2n) is 9.74. The molecule has 5 heterocycles. The first-order chi connectivity index (χ1) is 17.6. The molecule has 0 aliphatic carbocycles. The molecule has 2 aliphatic heterocycles. The van der Waals surface area contributed by atoms with Gasteiger partial charge in [-0.1, -0.05) is 12.1 Å². The van der Waals surface area contributed by atoms with Crippen LogP contribution < -0.4 is 21.3 Å². The van der Waals surface area contributed by atoms with Gasteiger partial charge in [-0.15, -0.1) is 37.2 Å². The molecule has 4 aromatic rings. The van der Waals surface area contributed by atoms with E-state index in [1.807, 2.05) is 18.3 Å². The van der Waals surface area contributed by atoms with E-state index in [1.54, 1.807) is 12.1 Å². The van der Waals surface area contributed by atoms with Gasteiger partial charge in [0.25, 0.3) is 0 Å². The van der Waals surface area contributed by atoms with Crippen molar-refractivity contribution >= 4 is 60.0 Å². The molecule has 2 saturated heterocycles. The Morgan fingerprint density at radius 2 is 1.33 bits per heavy atom. The first-order valence-corrected chi connectivity index (χ1v) is 12.6. The molecule has 0 spiro atoms. The molecule has 1 aromatic carbocycles. The smallest absolute Gasteiger partial charge is 0.232 e. The lowest BCUT2D eigenvalue weighted by Gasteiger charge is -2.31. The van der Waals surface area contributed by atoms with Gasteiger partial charge in [0.05, 0.1) is 5.39 Å². The van der Waals surface area contributed by atoms with E-state index >= 15 is 0 Å². The molecule has 6 rings (SSSR count). The van der Waals surface area contributed by atoms with Crippen molar-refractivity contribution in [3.63, 3.8) is 0 Å². The predicted molar refractivity (Wildman–Crippen MR) is 161 cm³/mol. The minimum absolute atomic E-state index is 0. The number of hydrogen-bond donors (Lipinski definition) is 2. The third kappa shape index (κ3) is 6.23. The van der Waals surface area contributed by atoms with Crippen LogP contribution >= 0.6 is 37.2 Å². The quantitative estimate of drug-likeness (QED) is 0.330. The zero-order valence-corrected chi connectivity index (χ0v) is 23.8. The van der Waals surface area contributed by atoms with E-state index in [9.17, 15) is 4.39 Å². The average molecular weight is 597 g/mol. The van der Waals surface area contributed by atoms with Crippen molar-refractivity contribution in [3.05, 3.63) is 54.7 Å². The molecule has 0 amide bonds. The Kier molecular flexibility index (Phi) is 10.4. The third-order valence-corrected chi connectivity index (χ3v) is 7.31. The van der Waals surface area contributed by atoms with E-state index in [0.29, 0.717) is 11.5 Å². The highest BCUT2D eigenvalue weighted by Crippen LogP contribution is 2.43. The van der Waals surface area contributed by atoms with Crippen molar-refractivity contribution in [3.8, 4) is 22.5 Å². The van der Waals surface area contributed by atoms with Crippen molar-refractivity contribution in [2.75, 3.05) is 36.0 Å². The predicted octanol–water partition coefficient (Wildman–Crippen LogP) is 5.21. The highest BCUT2D eigenvalue weighted by Gasteiger charge is 2.27. The molecule has 39 heavy (non-hydrogen) atoms. The van der Waals surface area contributed by atoms with E-state index in [4.69, 9.17) is 20.9 Å². The van der Waals surface area contributed by atoms with Crippen LogP contribution in [0.2, 0.25) is 0 Å². The number of pyridine rings is 1. The largest absolute Gasteiger partial charge is 0.437 e. The first-order valence-electron chi connectivity index (χ1n) is 12.6. The molecule has 4 N–H and O–H groups in total. The van der Waals surface area contributed by atoms with Crippen molar-refractivity contribution in [2.24, 2.45) is 11.5 Å². The summed E-state index contributed by atoms with van der Waals surface area (Å²) >= 11 is 0. The molecule has 2 aliphatic rings. The van der Waals surface area contributed by atoms with Gasteiger partial charge in [-0.25, -0.2) is 19.3 Å². The summed E-state index contributed by atoms with van der Waals surface area (Å²) in [5.74, 6) is 2.10. The number of aromatic nitrogens is 3. The van der Waals surface area contributed by atoms with Crippen LogP contribution in [-0.4, -0.2) is 53.2 Å². The normalized spacial score (nSPS) is 16.4. The minimum Gasteiger partial charge on any atom is -0.437 e. The Labute approximate surface area is 245 Å². The molecule has 0 bridgehead atoms. The summed E-state index contributed by atoms with van der Waals surface area (Å²) in [7, 11) is 0. The summed E-state index contributed by atoms with van der Waals surface area (Å²) in [5.41, 5.74) is 15.2. The third-order valence-electron chi connectivity index (χ3n) is 7.31. The minimum atomic E-state index is -0.290. The number of nitrogens with two attached hydrogens (primary N) is 2. The molecule has 3 aromatic heterocycles. The summed E-state index contributed by atoms with van der Waals surface area (Å²) in [6.07, 6.45) is 7.09. The summed E-state index contributed by atoms with van der Waals surface area (Å²) in [6, 6.07) is 11.0. The van der Waals surface area contributed by atoms with Gasteiger partial charge >= 0.3 is 0 Å². The molecule has 0 saturated carbocycles. The molecule has 0 atom stereocenters. The first kappa shape index (κ1) is 30.8. The second-order valence-corrected chi connectivity index (χ2v) is 9.74. The molecule has 0 radical (unpaired) electrons. The van der Waals surface area contributed by atoms with Crippen molar-refractivity contribution < 1.29 is 8.81 Å². The van der Waals surface area contributed by atoms with Crippen LogP contribution in [0.3, 0.4) is 0 Å². The summed E-state index contributed by atoms with van der Waals surface area (Å²) in [6.45, 7) is 3.42. The number of piperidine rings is 2. The maximum absolute atomic E-state index is 13.8. The molecule has 2 fully saturated rings. The van der Waals surface area contributed by atoms with Crippen LogP contribution in [0.1, 0.15) is 25.7 Å². The summed E-state index contributed by atoms with van der Waals surface area (Å²) in [4.78, 5) is 18.4. The fraction of sp³-hybridized carbons (Fsp3) is 0.370. The number of anilines is 2. The van der Waals surface area contributed by atoms with Crippen LogP contribution in [0.5, 0.6) is 0 Å². The lowest BCUT2D eigenvalue weighted by atomic mass is 9.99. The number of nitrogens with zero attached hydrogens (tertiary/aromatic N) is 5. The lowest BCUT2D eigenvalue weighted by Crippen LogP contribution is -2.40. The van der Waals surface area contributed by atoms with Gasteiger partial charge in [0.15, 0.2) is 0 Å². The van der Waals surface area contributed by atoms with Gasteiger partial charge in [-0.05, 0) is 55.5 Å². The molecule has 0 unspecified atom stereocenters. The number of halogens is 4. The van der Waals surface area contributed by atoms with E-state index in [0.717, 1.165) is 85.6 Å². The van der Waals surface area contributed by atoms with Crippen LogP contribution in [0.4, 0.5) is 16.0 Å². The Morgan fingerprint density at radius 3 is 1.92 bits per heavy atom. The topological polar surface area (TPSA) is 110 Å². The van der Waals surface area contributed by atoms with Gasteiger partial charge in [0.1, 0.15) is 29.5 Å². The molecule has 12 heteroatoms. The van der Waals surface area contributed by atoms with Crippen LogP contribution in [0, 0.1) is 5.82 Å². The van der Waals surface area contributed by atoms with Gasteiger partial charge in [-0.3, -0.25) is 0 Å². The summed E-state index contributed by atoms with van der Waals surface area (Å²) < 4.78 is 20.2. The SMILES string of the molecule is Cl.Cl.Cl.NC1CCN(c2ccc(-c3oc4ncnc(N5CCC(N)CC5)c4c3-c3ccc(F)cc3)cn2)CC1. The molecule has 8 nitrogen and oxygen atoms in total. The number of hydrogen-bond acceptors (Lipinski definition) is 8. The molecular weight excluding hydrogens is 564 g/mol. The van der Waals surface area contributed by atoms with Gasteiger partial charge in [0, 0.05) is 55.6 Å². The maximum atomic E-state index is 13.8. The zero-order chi connectivity index (χ0) is 24.6. The maximum Gasteiger partial charge on any atom is 0.232 e. The van der Waals surface area contributed by atoms with E-state index in [-0.39, 0.29) is 55.1 Å². The number of benzene rings is 1. The molecule has 210 valence electrons. The van der Waals surface area contributed by atoms with Gasteiger partial charge < -0.3 is 25.7 Å². The van der Waals surface area contributed by atoms with Crippen LogP contribution in [0.15, 0.2) is 53.3 Å². The fourth-order valence-corrected chi connectivity index (χ4v) is 5.20. The second kappa shape index (κ2) is 13.1. The Morgan fingerprint density at radius 1 is 0.744 bits per heavy atom. The molecular formula is C27H33Cl3FN7O. The van der Waals surface area contributed by atoms with Crippen molar-refractivity contribution in [1.29, 1.82) is 0 Å². The fourth-order valence-electron chi connectivity index (χ4n) is 5.20. The summed E-state index contributed by atoms with van der Waals surface area (Å²) in [5, 5.41) is 0.823. The van der Waals surface area contributed by atoms with Gasteiger partial charge in [0.2, 0.25) is 5.71 Å². The monoisotopic (exact) mass is 595 g/mol. The Balaban J connectivity index is 0.00000140. The van der Waals surface area contributed by atoms with Crippen molar-refractivity contribution in [2.45, 2.75) is 37.8 Å². The standard InChI is InChI=1S/C27H30FN7O.3ClH/c28-19-4-1-17(2-5-19)23-24-26(35-13-9-21(30)10-14-35)32-16-33-27(24)36-25(23)18-3-6-22(31-15-18)34-11-7-20(29)8-12-34;;;/h1-6,15-16,20-21H,7-14,29-30H2;3*1H. The lowest BCUT2D eigenvalue weighted by molar-refractivity contribution is 0.498. The number of rotatable bonds is 4. The number of fused-ring (bicyclic) bond motifs is 1. The van der Waals surface area contributed by atoms with E-state index < -0.39 is 0 Å². The van der Waals surface area contributed by atoms with Crippen molar-refractivity contribution in [1.82, 2.24) is 15.0 Å². The van der Waals surface area contributed by atoms with E-state index in [2.05, 4.69) is 19.8 Å². The number of furan rings is 1. The van der Waals surface area contributed by atoms with Crippen LogP contribution in [-0.2, 0) is 0 Å². The average Bonchev–Trinajstić information content (AvgIpc) is 3.30. The van der Waals surface area contributed by atoms with Gasteiger partial charge in [-0.2, -0.15) is 0 Å². The van der Waals surface area contributed by atoms with E-state index in [1.165, 1.54) is 18.5 Å². The Bertz CT molecular complexity index is 1350.